The van der Waals surface area contributed by atoms with Crippen molar-refractivity contribution < 1.29 is 24.5 Å². The van der Waals surface area contributed by atoms with Crippen LogP contribution in [-0.4, -0.2) is 47.7 Å². The molecule has 5 heteroatoms. The average Bonchev–Trinajstić information content (AvgIpc) is 3.61. The minimum atomic E-state index is -0.652. The molecule has 0 saturated heterocycles. The third-order valence-electron chi connectivity index (χ3n) is 8.17. The highest BCUT2D eigenvalue weighted by Crippen LogP contribution is 2.49. The van der Waals surface area contributed by atoms with Gasteiger partial charge in [0.25, 0.3) is 0 Å². The van der Waals surface area contributed by atoms with Crippen molar-refractivity contribution in [2.75, 3.05) is 7.11 Å². The van der Waals surface area contributed by atoms with Crippen molar-refractivity contribution in [3.63, 3.8) is 0 Å². The van der Waals surface area contributed by atoms with E-state index in [0.717, 1.165) is 31.3 Å². The quantitative estimate of drug-likeness (QED) is 0.241. The number of aliphatic hydroxyl groups is 2. The number of carbonyl (C=O) groups is 1. The van der Waals surface area contributed by atoms with Gasteiger partial charge in [-0.15, -0.1) is 0 Å². The highest BCUT2D eigenvalue weighted by Gasteiger charge is 2.48. The summed E-state index contributed by atoms with van der Waals surface area (Å²) in [5.41, 5.74) is 0.955. The lowest BCUT2D eigenvalue weighted by Gasteiger charge is -2.25. The molecule has 0 amide bonds. The first-order valence-corrected chi connectivity index (χ1v) is 13.7. The van der Waals surface area contributed by atoms with E-state index in [9.17, 15) is 15.0 Å². The fourth-order valence-electron chi connectivity index (χ4n) is 5.56. The molecule has 200 valence electrons. The van der Waals surface area contributed by atoms with Crippen molar-refractivity contribution >= 4 is 5.97 Å². The minimum absolute atomic E-state index is 0.0366. The van der Waals surface area contributed by atoms with Crippen LogP contribution in [0.2, 0.25) is 0 Å². The molecule has 2 rings (SSSR count). The predicted molar refractivity (Wildman–Crippen MR) is 142 cm³/mol. The number of esters is 1. The Bertz CT molecular complexity index is 737. The van der Waals surface area contributed by atoms with E-state index in [1.807, 2.05) is 25.2 Å². The zero-order chi connectivity index (χ0) is 26.1. The fraction of sp³-hybridized carbons (Fsp3) is 0.767. The lowest BCUT2D eigenvalue weighted by Crippen LogP contribution is -2.28. The van der Waals surface area contributed by atoms with Gasteiger partial charge in [0.1, 0.15) is 6.10 Å². The summed E-state index contributed by atoms with van der Waals surface area (Å²) in [5.74, 6) is 1.50. The van der Waals surface area contributed by atoms with Gasteiger partial charge in [-0.25, -0.2) is 0 Å². The van der Waals surface area contributed by atoms with Crippen molar-refractivity contribution in [2.24, 2.45) is 35.5 Å². The Morgan fingerprint density at radius 1 is 1.26 bits per heavy atom. The Balaban J connectivity index is 2.02. The Kier molecular flexibility index (Phi) is 12.2. The standard InChI is InChI=1S/C30H50O5/c1-8-27(34-7)23(6)25-18-26(25)29(33)20(3)12-10-14-22(5)30-21(4)13-9-11-19(2)15-16-24(31)17-28(32)35-30/h9-10,12-14,19-21,23-27,29-31,33H,8,11,15-18H2,1-7H3/b12-10+,13-9+,22-14+/t19-,20+,21+,23+,24-,25-,26+,27+,29-,30+/m1/s1. The molecule has 1 aliphatic heterocycles. The van der Waals surface area contributed by atoms with Gasteiger partial charge in [-0.1, -0.05) is 65.0 Å². The Morgan fingerprint density at radius 3 is 2.63 bits per heavy atom. The zero-order valence-corrected chi connectivity index (χ0v) is 23.0. The molecule has 1 heterocycles. The molecule has 0 radical (unpaired) electrons. The average molecular weight is 491 g/mol. The predicted octanol–water partition coefficient (Wildman–Crippen LogP) is 5.86. The van der Waals surface area contributed by atoms with Gasteiger partial charge < -0.3 is 19.7 Å². The van der Waals surface area contributed by atoms with Gasteiger partial charge in [0.2, 0.25) is 0 Å². The zero-order valence-electron chi connectivity index (χ0n) is 23.0. The molecule has 0 aromatic carbocycles. The number of aliphatic hydroxyl groups excluding tert-OH is 2. The number of carbonyl (C=O) groups excluding carboxylic acids is 1. The fourth-order valence-corrected chi connectivity index (χ4v) is 5.56. The third kappa shape index (κ3) is 9.18. The summed E-state index contributed by atoms with van der Waals surface area (Å²) in [5, 5.41) is 21.1. The number of hydrogen-bond donors (Lipinski definition) is 2. The third-order valence-corrected chi connectivity index (χ3v) is 8.17. The van der Waals surface area contributed by atoms with Gasteiger partial charge in [-0.2, -0.15) is 0 Å². The Morgan fingerprint density at radius 2 is 1.97 bits per heavy atom. The first kappa shape index (κ1) is 29.8. The van der Waals surface area contributed by atoms with Gasteiger partial charge in [-0.3, -0.25) is 4.79 Å². The molecule has 0 aromatic rings. The monoisotopic (exact) mass is 490 g/mol. The van der Waals surface area contributed by atoms with Crippen LogP contribution in [-0.2, 0) is 14.3 Å². The van der Waals surface area contributed by atoms with Crippen LogP contribution in [0.15, 0.2) is 36.0 Å². The maximum absolute atomic E-state index is 12.5. The summed E-state index contributed by atoms with van der Waals surface area (Å²) in [6.45, 7) is 12.7. The maximum atomic E-state index is 12.5. The first-order valence-electron chi connectivity index (χ1n) is 13.7. The van der Waals surface area contributed by atoms with Crippen LogP contribution in [0, 0.1) is 35.5 Å². The number of ether oxygens (including phenoxy) is 2. The molecule has 10 atom stereocenters. The second-order valence-electron chi connectivity index (χ2n) is 11.2. The summed E-state index contributed by atoms with van der Waals surface area (Å²) in [7, 11) is 1.78. The number of rotatable bonds is 9. The van der Waals surface area contributed by atoms with Gasteiger partial charge in [0, 0.05) is 18.9 Å². The summed E-state index contributed by atoms with van der Waals surface area (Å²) in [4.78, 5) is 12.5. The summed E-state index contributed by atoms with van der Waals surface area (Å²) < 4.78 is 11.4. The molecule has 0 unspecified atom stereocenters. The number of allylic oxidation sites excluding steroid dienone is 3. The van der Waals surface area contributed by atoms with Gasteiger partial charge in [0.15, 0.2) is 0 Å². The largest absolute Gasteiger partial charge is 0.457 e. The second kappa shape index (κ2) is 14.3. The van der Waals surface area contributed by atoms with Crippen molar-refractivity contribution in [2.45, 2.75) is 104 Å². The number of cyclic esters (lactones) is 1. The first-order chi connectivity index (χ1) is 16.6. The van der Waals surface area contributed by atoms with E-state index in [0.29, 0.717) is 30.1 Å². The van der Waals surface area contributed by atoms with E-state index < -0.39 is 6.10 Å². The molecule has 0 spiro atoms. The smallest absolute Gasteiger partial charge is 0.309 e. The topological polar surface area (TPSA) is 76.0 Å². The molecule has 35 heavy (non-hydrogen) atoms. The van der Waals surface area contributed by atoms with Crippen LogP contribution in [0.4, 0.5) is 0 Å². The molecule has 2 N–H and O–H groups in total. The van der Waals surface area contributed by atoms with Crippen LogP contribution < -0.4 is 0 Å². The van der Waals surface area contributed by atoms with Crippen molar-refractivity contribution in [1.82, 2.24) is 0 Å². The molecule has 1 fully saturated rings. The molecule has 0 bridgehead atoms. The lowest BCUT2D eigenvalue weighted by atomic mass is 9.91. The van der Waals surface area contributed by atoms with E-state index in [1.165, 1.54) is 0 Å². The molecule has 0 aromatic heterocycles. The van der Waals surface area contributed by atoms with Crippen LogP contribution >= 0.6 is 0 Å². The van der Waals surface area contributed by atoms with Crippen LogP contribution in [0.25, 0.3) is 0 Å². The molecule has 2 aliphatic rings. The molecule has 5 nitrogen and oxygen atoms in total. The second-order valence-corrected chi connectivity index (χ2v) is 11.2. The Labute approximate surface area is 213 Å². The SMILES string of the molecule is CC[C@H](OC)[C@@H](C)[C@H]1C[C@@H]1[C@H](O)[C@@H](C)/C=C/C=C(\C)[C@H]1OC(=O)C[C@H](O)CC[C@H](C)C/C=C/[C@@H]1C. The van der Waals surface area contributed by atoms with Crippen LogP contribution in [0.1, 0.15) is 80.1 Å². The molecule has 1 saturated carbocycles. The highest BCUT2D eigenvalue weighted by molar-refractivity contribution is 5.70. The van der Waals surface area contributed by atoms with Crippen molar-refractivity contribution in [3.8, 4) is 0 Å². The van der Waals surface area contributed by atoms with Gasteiger partial charge in [0.05, 0.1) is 24.7 Å². The number of hydrogen-bond acceptors (Lipinski definition) is 5. The van der Waals surface area contributed by atoms with Crippen molar-refractivity contribution in [3.05, 3.63) is 36.0 Å². The Hall–Kier alpha value is -1.43. The van der Waals surface area contributed by atoms with Crippen LogP contribution in [0.3, 0.4) is 0 Å². The molecular weight excluding hydrogens is 440 g/mol. The van der Waals surface area contributed by atoms with Gasteiger partial charge in [-0.05, 0) is 68.3 Å². The lowest BCUT2D eigenvalue weighted by molar-refractivity contribution is -0.151. The molecular formula is C30H50O5. The maximum Gasteiger partial charge on any atom is 0.309 e. The summed E-state index contributed by atoms with van der Waals surface area (Å²) in [6.07, 6.45) is 13.7. The number of methoxy groups -OCH3 is 1. The summed E-state index contributed by atoms with van der Waals surface area (Å²) >= 11 is 0. The van der Waals surface area contributed by atoms with Crippen LogP contribution in [0.5, 0.6) is 0 Å². The van der Waals surface area contributed by atoms with E-state index >= 15 is 0 Å². The van der Waals surface area contributed by atoms with Crippen molar-refractivity contribution in [1.29, 1.82) is 0 Å². The summed E-state index contributed by atoms with van der Waals surface area (Å²) in [6, 6.07) is 0. The van der Waals surface area contributed by atoms with E-state index in [1.54, 1.807) is 7.11 Å². The minimum Gasteiger partial charge on any atom is -0.457 e. The highest BCUT2D eigenvalue weighted by atomic mass is 16.5. The molecule has 1 aliphatic carbocycles. The van der Waals surface area contributed by atoms with E-state index in [4.69, 9.17) is 9.47 Å². The normalized spacial score (nSPS) is 35.3. The van der Waals surface area contributed by atoms with E-state index in [2.05, 4.69) is 46.8 Å². The van der Waals surface area contributed by atoms with Gasteiger partial charge >= 0.3 is 5.97 Å². The van der Waals surface area contributed by atoms with E-state index in [-0.39, 0.29) is 42.5 Å².